The third-order valence-electron chi connectivity index (χ3n) is 4.98. The molecule has 3 rings (SSSR count). The van der Waals surface area contributed by atoms with E-state index in [4.69, 9.17) is 16.6 Å². The number of aryl methyl sites for hydroxylation is 1. The summed E-state index contributed by atoms with van der Waals surface area (Å²) in [7, 11) is 1.98. The molecular weight excluding hydrogens is 519 g/mol. The first kappa shape index (κ1) is 24.3. The van der Waals surface area contributed by atoms with Crippen LogP contribution in [0.1, 0.15) is 43.8 Å². The molecular formula is C20H30ClIN6S. The van der Waals surface area contributed by atoms with Crippen LogP contribution in [0, 0.1) is 6.92 Å². The molecule has 2 N–H and O–H groups in total. The number of nitrogens with zero attached hydrogens (tertiary/aromatic N) is 4. The maximum absolute atomic E-state index is 5.95. The maximum Gasteiger partial charge on any atom is 0.191 e. The molecule has 1 fully saturated rings. The van der Waals surface area contributed by atoms with Crippen LogP contribution < -0.4 is 10.6 Å². The lowest BCUT2D eigenvalue weighted by atomic mass is 9.96. The second-order valence-electron chi connectivity index (χ2n) is 7.10. The molecule has 2 aromatic rings. The zero-order valence-corrected chi connectivity index (χ0v) is 20.9. The summed E-state index contributed by atoms with van der Waals surface area (Å²) in [6, 6.07) is 8.47. The van der Waals surface area contributed by atoms with Crippen molar-refractivity contribution in [2.75, 3.05) is 12.3 Å². The first-order chi connectivity index (χ1) is 13.6. The summed E-state index contributed by atoms with van der Waals surface area (Å²) < 4.78 is 1.98. The van der Waals surface area contributed by atoms with Gasteiger partial charge >= 0.3 is 0 Å². The summed E-state index contributed by atoms with van der Waals surface area (Å²) in [4.78, 5) is 5.98. The van der Waals surface area contributed by atoms with Gasteiger partial charge in [0.15, 0.2) is 11.8 Å². The van der Waals surface area contributed by atoms with E-state index < -0.39 is 0 Å². The van der Waals surface area contributed by atoms with Crippen LogP contribution in [0.3, 0.4) is 0 Å². The van der Waals surface area contributed by atoms with Crippen LogP contribution in [0.15, 0.2) is 34.2 Å². The Morgan fingerprint density at radius 1 is 1.21 bits per heavy atom. The monoisotopic (exact) mass is 548 g/mol. The molecule has 0 spiro atoms. The number of hydrogen-bond acceptors (Lipinski definition) is 4. The van der Waals surface area contributed by atoms with Gasteiger partial charge in [-0.1, -0.05) is 30.9 Å². The van der Waals surface area contributed by atoms with Crippen molar-refractivity contribution in [3.8, 4) is 0 Å². The Kier molecular flexibility index (Phi) is 10.6. The highest BCUT2D eigenvalue weighted by molar-refractivity contribution is 14.0. The van der Waals surface area contributed by atoms with Gasteiger partial charge in [-0.15, -0.1) is 45.9 Å². The molecule has 1 aliphatic rings. The summed E-state index contributed by atoms with van der Waals surface area (Å²) in [5.74, 6) is 3.59. The molecule has 0 aliphatic heterocycles. The van der Waals surface area contributed by atoms with Crippen LogP contribution in [0.2, 0.25) is 5.02 Å². The SMILES string of the molecule is Cc1nnc(CN=C(NCCSc2ccc(Cl)cc2)NC2CCCCC2)n1C.I. The van der Waals surface area contributed by atoms with Gasteiger partial charge in [0.25, 0.3) is 0 Å². The van der Waals surface area contributed by atoms with Crippen molar-refractivity contribution in [1.29, 1.82) is 0 Å². The van der Waals surface area contributed by atoms with Crippen LogP contribution in [-0.4, -0.2) is 39.1 Å². The van der Waals surface area contributed by atoms with Gasteiger partial charge < -0.3 is 15.2 Å². The van der Waals surface area contributed by atoms with Crippen LogP contribution >= 0.6 is 47.3 Å². The topological polar surface area (TPSA) is 67.1 Å². The van der Waals surface area contributed by atoms with Crippen molar-refractivity contribution in [2.45, 2.75) is 56.5 Å². The first-order valence-corrected chi connectivity index (χ1v) is 11.3. The van der Waals surface area contributed by atoms with E-state index >= 15 is 0 Å². The number of rotatable bonds is 7. The average molecular weight is 549 g/mol. The Bertz CT molecular complexity index is 774. The van der Waals surface area contributed by atoms with Crippen molar-refractivity contribution in [3.63, 3.8) is 0 Å². The predicted molar refractivity (Wildman–Crippen MR) is 132 cm³/mol. The van der Waals surface area contributed by atoms with Gasteiger partial charge in [0.05, 0.1) is 0 Å². The second kappa shape index (κ2) is 12.6. The van der Waals surface area contributed by atoms with Gasteiger partial charge in [0, 0.05) is 35.3 Å². The molecule has 1 aromatic heterocycles. The minimum atomic E-state index is 0. The summed E-state index contributed by atoms with van der Waals surface area (Å²) in [5, 5.41) is 16.2. The Morgan fingerprint density at radius 3 is 2.59 bits per heavy atom. The van der Waals surface area contributed by atoms with Crippen LogP contribution in [0.5, 0.6) is 0 Å². The summed E-state index contributed by atoms with van der Waals surface area (Å²) in [5.41, 5.74) is 0. The van der Waals surface area contributed by atoms with E-state index in [1.54, 1.807) is 0 Å². The minimum absolute atomic E-state index is 0. The van der Waals surface area contributed by atoms with E-state index in [0.29, 0.717) is 12.6 Å². The van der Waals surface area contributed by atoms with Gasteiger partial charge in [-0.25, -0.2) is 4.99 Å². The largest absolute Gasteiger partial charge is 0.356 e. The summed E-state index contributed by atoms with van der Waals surface area (Å²) in [6.07, 6.45) is 6.35. The molecule has 6 nitrogen and oxygen atoms in total. The van der Waals surface area contributed by atoms with Gasteiger partial charge in [-0.2, -0.15) is 0 Å². The smallest absolute Gasteiger partial charge is 0.191 e. The van der Waals surface area contributed by atoms with E-state index in [1.807, 2.05) is 42.4 Å². The summed E-state index contributed by atoms with van der Waals surface area (Å²) >= 11 is 7.76. The van der Waals surface area contributed by atoms with Crippen molar-refractivity contribution in [2.24, 2.45) is 12.0 Å². The highest BCUT2D eigenvalue weighted by Gasteiger charge is 2.15. The maximum atomic E-state index is 5.95. The highest BCUT2D eigenvalue weighted by atomic mass is 127. The van der Waals surface area contributed by atoms with Crippen LogP contribution in [0.25, 0.3) is 0 Å². The lowest BCUT2D eigenvalue weighted by Crippen LogP contribution is -2.45. The second-order valence-corrected chi connectivity index (χ2v) is 8.70. The molecule has 0 atom stereocenters. The predicted octanol–water partition coefficient (Wildman–Crippen LogP) is 4.56. The van der Waals surface area contributed by atoms with E-state index in [-0.39, 0.29) is 24.0 Å². The molecule has 0 amide bonds. The quantitative estimate of drug-likeness (QED) is 0.175. The third-order valence-corrected chi connectivity index (χ3v) is 6.25. The van der Waals surface area contributed by atoms with Crippen LogP contribution in [-0.2, 0) is 13.6 Å². The lowest BCUT2D eigenvalue weighted by molar-refractivity contribution is 0.410. The number of nitrogens with one attached hydrogen (secondary N) is 2. The molecule has 1 aromatic carbocycles. The summed E-state index contributed by atoms with van der Waals surface area (Å²) in [6.45, 7) is 3.31. The lowest BCUT2D eigenvalue weighted by Gasteiger charge is -2.25. The van der Waals surface area contributed by atoms with E-state index in [0.717, 1.165) is 34.9 Å². The molecule has 29 heavy (non-hydrogen) atoms. The third kappa shape index (κ3) is 7.97. The van der Waals surface area contributed by atoms with Gasteiger partial charge in [-0.05, 0) is 44.0 Å². The molecule has 0 radical (unpaired) electrons. The van der Waals surface area contributed by atoms with Crippen LogP contribution in [0.4, 0.5) is 0 Å². The Balaban J connectivity index is 0.00000300. The number of hydrogen-bond donors (Lipinski definition) is 2. The van der Waals surface area contributed by atoms with Crippen molar-refractivity contribution in [3.05, 3.63) is 40.9 Å². The molecule has 0 unspecified atom stereocenters. The minimum Gasteiger partial charge on any atom is -0.356 e. The van der Waals surface area contributed by atoms with E-state index in [2.05, 4.69) is 33.0 Å². The molecule has 1 saturated carbocycles. The number of guanidine groups is 1. The molecule has 1 heterocycles. The zero-order chi connectivity index (χ0) is 19.8. The highest BCUT2D eigenvalue weighted by Crippen LogP contribution is 2.20. The van der Waals surface area contributed by atoms with Gasteiger partial charge in [-0.3, -0.25) is 0 Å². The number of aromatic nitrogens is 3. The van der Waals surface area contributed by atoms with Crippen molar-refractivity contribution < 1.29 is 0 Å². The van der Waals surface area contributed by atoms with Gasteiger partial charge in [0.1, 0.15) is 12.4 Å². The van der Waals surface area contributed by atoms with Gasteiger partial charge in [0.2, 0.25) is 0 Å². The number of halogens is 2. The Hall–Kier alpha value is -1.000. The Morgan fingerprint density at radius 2 is 1.93 bits per heavy atom. The van der Waals surface area contributed by atoms with Crippen molar-refractivity contribution >= 4 is 53.3 Å². The number of thioether (sulfide) groups is 1. The number of benzene rings is 1. The molecule has 9 heteroatoms. The number of aliphatic imine (C=N–C) groups is 1. The molecule has 0 bridgehead atoms. The molecule has 1 aliphatic carbocycles. The first-order valence-electron chi connectivity index (χ1n) is 9.90. The zero-order valence-electron chi connectivity index (χ0n) is 17.0. The Labute approximate surface area is 199 Å². The van der Waals surface area contributed by atoms with E-state index in [1.165, 1.54) is 37.0 Å². The fourth-order valence-electron chi connectivity index (χ4n) is 3.20. The average Bonchev–Trinajstić information content (AvgIpc) is 3.03. The normalized spacial score (nSPS) is 15.1. The van der Waals surface area contributed by atoms with E-state index in [9.17, 15) is 0 Å². The standard InChI is InChI=1S/C20H29ClN6S.HI/c1-15-25-26-19(27(15)2)14-23-20(24-17-6-4-3-5-7-17)22-12-13-28-18-10-8-16(21)9-11-18;/h8-11,17H,3-7,12-14H2,1-2H3,(H2,22,23,24);1H. The van der Waals surface area contributed by atoms with Crippen molar-refractivity contribution in [1.82, 2.24) is 25.4 Å². The fourth-order valence-corrected chi connectivity index (χ4v) is 4.09. The molecule has 0 saturated heterocycles. The fraction of sp³-hybridized carbons (Fsp3) is 0.550. The molecule has 160 valence electrons.